The van der Waals surface area contributed by atoms with E-state index >= 15 is 0 Å². The molecule has 1 aromatic rings. The van der Waals surface area contributed by atoms with Crippen LogP contribution in [0.25, 0.3) is 0 Å². The molecular weight excluding hydrogens is 260 g/mol. The smallest absolute Gasteiger partial charge is 0.243 e. The summed E-state index contributed by atoms with van der Waals surface area (Å²) in [4.78, 5) is 0.316. The van der Waals surface area contributed by atoms with E-state index in [2.05, 4.69) is 18.8 Å². The molecule has 0 aromatic heterocycles. The first-order valence-corrected chi connectivity index (χ1v) is 7.83. The van der Waals surface area contributed by atoms with E-state index in [0.717, 1.165) is 25.1 Å². The Morgan fingerprint density at radius 1 is 1.32 bits per heavy atom. The average molecular weight is 282 g/mol. The highest BCUT2D eigenvalue weighted by Gasteiger charge is 2.18. The number of nitrogens with one attached hydrogen (secondary N) is 1. The van der Waals surface area contributed by atoms with Gasteiger partial charge in [-0.1, -0.05) is 25.1 Å². The molecule has 0 unspecified atom stereocenters. The van der Waals surface area contributed by atoms with Gasteiger partial charge in [-0.3, -0.25) is 0 Å². The second kappa shape index (κ2) is 7.43. The SMILES string of the molecule is C=CCN(C)S(=O)(=O)c1ccc(CNCCC)cc1. The van der Waals surface area contributed by atoms with Crippen LogP contribution in [-0.2, 0) is 16.6 Å². The lowest BCUT2D eigenvalue weighted by Crippen LogP contribution is -2.27. The number of benzene rings is 1. The molecule has 1 rings (SSSR count). The van der Waals surface area contributed by atoms with E-state index in [4.69, 9.17) is 0 Å². The van der Waals surface area contributed by atoms with Gasteiger partial charge in [-0.2, -0.15) is 4.31 Å². The lowest BCUT2D eigenvalue weighted by atomic mass is 10.2. The molecule has 0 aliphatic carbocycles. The fourth-order valence-corrected chi connectivity index (χ4v) is 2.79. The van der Waals surface area contributed by atoms with Crippen molar-refractivity contribution >= 4 is 10.0 Å². The highest BCUT2D eigenvalue weighted by atomic mass is 32.2. The summed E-state index contributed by atoms with van der Waals surface area (Å²) >= 11 is 0. The van der Waals surface area contributed by atoms with Gasteiger partial charge in [0.05, 0.1) is 4.90 Å². The fraction of sp³-hybridized carbons (Fsp3) is 0.429. The number of hydrogen-bond acceptors (Lipinski definition) is 3. The van der Waals surface area contributed by atoms with Crippen LogP contribution >= 0.6 is 0 Å². The van der Waals surface area contributed by atoms with Gasteiger partial charge in [0.2, 0.25) is 10.0 Å². The highest BCUT2D eigenvalue weighted by Crippen LogP contribution is 2.15. The van der Waals surface area contributed by atoms with Gasteiger partial charge in [-0.25, -0.2) is 8.42 Å². The Bertz CT molecular complexity index is 495. The molecule has 0 aliphatic rings. The molecule has 0 spiro atoms. The van der Waals surface area contributed by atoms with E-state index in [9.17, 15) is 8.42 Å². The van der Waals surface area contributed by atoms with Crippen molar-refractivity contribution in [2.24, 2.45) is 0 Å². The maximum absolute atomic E-state index is 12.2. The molecule has 0 atom stereocenters. The molecule has 0 saturated carbocycles. The van der Waals surface area contributed by atoms with Gasteiger partial charge in [0, 0.05) is 20.1 Å². The minimum Gasteiger partial charge on any atom is -0.313 e. The van der Waals surface area contributed by atoms with Gasteiger partial charge in [0.15, 0.2) is 0 Å². The Labute approximate surface area is 116 Å². The molecule has 0 fully saturated rings. The summed E-state index contributed by atoms with van der Waals surface area (Å²) in [6, 6.07) is 6.99. The van der Waals surface area contributed by atoms with Crippen LogP contribution in [-0.4, -0.2) is 32.9 Å². The quantitative estimate of drug-likeness (QED) is 0.586. The van der Waals surface area contributed by atoms with Crippen molar-refractivity contribution < 1.29 is 8.42 Å². The first-order chi connectivity index (χ1) is 9.02. The van der Waals surface area contributed by atoms with E-state index in [0.29, 0.717) is 11.4 Å². The summed E-state index contributed by atoms with van der Waals surface area (Å²) in [6.45, 7) is 7.69. The monoisotopic (exact) mass is 282 g/mol. The van der Waals surface area contributed by atoms with Crippen LogP contribution in [0.15, 0.2) is 41.8 Å². The van der Waals surface area contributed by atoms with Crippen LogP contribution in [0.1, 0.15) is 18.9 Å². The molecule has 0 heterocycles. The van der Waals surface area contributed by atoms with Crippen LogP contribution in [0.2, 0.25) is 0 Å². The second-order valence-electron chi connectivity index (χ2n) is 4.39. The minimum absolute atomic E-state index is 0.308. The summed E-state index contributed by atoms with van der Waals surface area (Å²) in [7, 11) is -1.85. The van der Waals surface area contributed by atoms with Crippen LogP contribution in [0, 0.1) is 0 Å². The first-order valence-electron chi connectivity index (χ1n) is 6.39. The third kappa shape index (κ3) is 4.45. The Hall–Kier alpha value is -1.17. The van der Waals surface area contributed by atoms with E-state index in [1.807, 2.05) is 12.1 Å². The zero-order chi connectivity index (χ0) is 14.3. The van der Waals surface area contributed by atoms with Crippen LogP contribution in [0.5, 0.6) is 0 Å². The third-order valence-electron chi connectivity index (χ3n) is 2.77. The van der Waals surface area contributed by atoms with Crippen molar-refractivity contribution in [3.63, 3.8) is 0 Å². The predicted molar refractivity (Wildman–Crippen MR) is 78.5 cm³/mol. The molecular formula is C14H22N2O2S. The molecule has 1 N–H and O–H groups in total. The first kappa shape index (κ1) is 15.9. The lowest BCUT2D eigenvalue weighted by Gasteiger charge is -2.15. The maximum Gasteiger partial charge on any atom is 0.243 e. The Morgan fingerprint density at radius 3 is 2.47 bits per heavy atom. The van der Waals surface area contributed by atoms with Gasteiger partial charge >= 0.3 is 0 Å². The zero-order valence-corrected chi connectivity index (χ0v) is 12.4. The maximum atomic E-state index is 12.2. The molecule has 4 nitrogen and oxygen atoms in total. The fourth-order valence-electron chi connectivity index (χ4n) is 1.65. The molecule has 5 heteroatoms. The van der Waals surface area contributed by atoms with Crippen LogP contribution in [0.3, 0.4) is 0 Å². The van der Waals surface area contributed by atoms with Crippen molar-refractivity contribution in [3.05, 3.63) is 42.5 Å². The average Bonchev–Trinajstić information content (AvgIpc) is 2.40. The number of sulfonamides is 1. The zero-order valence-electron chi connectivity index (χ0n) is 11.6. The molecule has 0 radical (unpaired) electrons. The van der Waals surface area contributed by atoms with Gasteiger partial charge in [0.25, 0.3) is 0 Å². The molecule has 0 saturated heterocycles. The van der Waals surface area contributed by atoms with Gasteiger partial charge in [-0.15, -0.1) is 6.58 Å². The van der Waals surface area contributed by atoms with Crippen LogP contribution in [0.4, 0.5) is 0 Å². The van der Waals surface area contributed by atoms with E-state index in [1.54, 1.807) is 25.3 Å². The highest BCUT2D eigenvalue weighted by molar-refractivity contribution is 7.89. The lowest BCUT2D eigenvalue weighted by molar-refractivity contribution is 0.499. The van der Waals surface area contributed by atoms with Gasteiger partial charge < -0.3 is 5.32 Å². The van der Waals surface area contributed by atoms with Gasteiger partial charge in [-0.05, 0) is 30.7 Å². The third-order valence-corrected chi connectivity index (χ3v) is 4.61. The van der Waals surface area contributed by atoms with Gasteiger partial charge in [0.1, 0.15) is 0 Å². The molecule has 0 aliphatic heterocycles. The second-order valence-corrected chi connectivity index (χ2v) is 6.44. The number of rotatable bonds is 8. The number of nitrogens with zero attached hydrogens (tertiary/aromatic N) is 1. The summed E-state index contributed by atoms with van der Waals surface area (Å²) in [6.07, 6.45) is 2.65. The summed E-state index contributed by atoms with van der Waals surface area (Å²) in [5.41, 5.74) is 1.08. The van der Waals surface area contributed by atoms with Crippen molar-refractivity contribution in [2.45, 2.75) is 24.8 Å². The molecule has 1 aromatic carbocycles. The minimum atomic E-state index is -3.40. The molecule has 0 amide bonds. The molecule has 106 valence electrons. The van der Waals surface area contributed by atoms with E-state index in [-0.39, 0.29) is 0 Å². The molecule has 19 heavy (non-hydrogen) atoms. The Balaban J connectivity index is 2.77. The van der Waals surface area contributed by atoms with Crippen molar-refractivity contribution in [1.82, 2.24) is 9.62 Å². The summed E-state index contributed by atoms with van der Waals surface area (Å²) in [5, 5.41) is 3.28. The Kier molecular flexibility index (Phi) is 6.21. The summed E-state index contributed by atoms with van der Waals surface area (Å²) < 4.78 is 25.6. The van der Waals surface area contributed by atoms with Crippen molar-refractivity contribution in [3.8, 4) is 0 Å². The largest absolute Gasteiger partial charge is 0.313 e. The Morgan fingerprint density at radius 2 is 1.95 bits per heavy atom. The topological polar surface area (TPSA) is 49.4 Å². The predicted octanol–water partition coefficient (Wildman–Crippen LogP) is 1.99. The molecule has 0 bridgehead atoms. The standard InChI is InChI=1S/C14H22N2O2S/c1-4-10-15-12-13-6-8-14(9-7-13)19(17,18)16(3)11-5-2/h5-9,15H,2,4,10-12H2,1,3H3. The summed E-state index contributed by atoms with van der Waals surface area (Å²) in [5.74, 6) is 0. The van der Waals surface area contributed by atoms with Crippen LogP contribution < -0.4 is 5.32 Å². The van der Waals surface area contributed by atoms with Crippen molar-refractivity contribution in [1.29, 1.82) is 0 Å². The normalized spacial score (nSPS) is 11.7. The van der Waals surface area contributed by atoms with E-state index in [1.165, 1.54) is 4.31 Å². The number of likely N-dealkylation sites (N-methyl/N-ethyl adjacent to an activating group) is 1. The van der Waals surface area contributed by atoms with Crippen molar-refractivity contribution in [2.75, 3.05) is 20.1 Å². The number of hydrogen-bond donors (Lipinski definition) is 1. The van der Waals surface area contributed by atoms with E-state index < -0.39 is 10.0 Å².